The second-order valence-corrected chi connectivity index (χ2v) is 6.56. The topological polar surface area (TPSA) is 38.2 Å². The molecule has 3 aliphatic rings. The van der Waals surface area contributed by atoms with Gasteiger partial charge in [-0.25, -0.2) is 9.97 Å². The van der Waals surface area contributed by atoms with Gasteiger partial charge >= 0.3 is 0 Å². The lowest BCUT2D eigenvalue weighted by molar-refractivity contribution is -0.0783. The molecule has 4 heteroatoms. The number of nitrogens with zero attached hydrogens (tertiary/aromatic N) is 3. The van der Waals surface area contributed by atoms with E-state index in [1.165, 1.54) is 44.9 Å². The molecule has 1 saturated heterocycles. The summed E-state index contributed by atoms with van der Waals surface area (Å²) >= 11 is 0. The van der Waals surface area contributed by atoms with Crippen LogP contribution >= 0.6 is 0 Å². The maximum absolute atomic E-state index is 6.16. The number of hydrogen-bond donors (Lipinski definition) is 0. The molecule has 0 radical (unpaired) electrons. The summed E-state index contributed by atoms with van der Waals surface area (Å²) in [6.45, 7) is 2.81. The highest BCUT2D eigenvalue weighted by atomic mass is 16.5. The van der Waals surface area contributed by atoms with Crippen molar-refractivity contribution >= 4 is 5.82 Å². The standard InChI is InChI=1S/C16H23N3O/c1-2-7-16(8-3-1)12-19(10-11-20-16)14-6-9-17-15(18-14)13-4-5-13/h6,9,13H,1-5,7-8,10-12H2. The van der Waals surface area contributed by atoms with Crippen LogP contribution in [-0.2, 0) is 4.74 Å². The van der Waals surface area contributed by atoms with E-state index in [4.69, 9.17) is 9.72 Å². The number of rotatable bonds is 2. The molecular weight excluding hydrogens is 250 g/mol. The van der Waals surface area contributed by atoms with Crippen LogP contribution in [0.1, 0.15) is 56.7 Å². The molecule has 1 aromatic heterocycles. The highest BCUT2D eigenvalue weighted by Crippen LogP contribution is 2.39. The number of morpholine rings is 1. The van der Waals surface area contributed by atoms with Crippen LogP contribution in [0.5, 0.6) is 0 Å². The van der Waals surface area contributed by atoms with Crippen LogP contribution in [0.2, 0.25) is 0 Å². The number of hydrogen-bond acceptors (Lipinski definition) is 4. The Balaban J connectivity index is 1.53. The first kappa shape index (κ1) is 12.6. The molecule has 1 spiro atoms. The van der Waals surface area contributed by atoms with Crippen molar-refractivity contribution in [2.45, 2.75) is 56.5 Å². The second kappa shape index (κ2) is 4.99. The van der Waals surface area contributed by atoms with E-state index < -0.39 is 0 Å². The second-order valence-electron chi connectivity index (χ2n) is 6.56. The third-order valence-electron chi connectivity index (χ3n) is 4.94. The van der Waals surface area contributed by atoms with Gasteiger partial charge in [0.05, 0.1) is 12.2 Å². The maximum atomic E-state index is 6.16. The number of anilines is 1. The van der Waals surface area contributed by atoms with E-state index in [1.54, 1.807) is 0 Å². The predicted octanol–water partition coefficient (Wildman–Crippen LogP) is 2.89. The highest BCUT2D eigenvalue weighted by molar-refractivity contribution is 5.39. The van der Waals surface area contributed by atoms with Crippen LogP contribution in [0, 0.1) is 0 Å². The van der Waals surface area contributed by atoms with Gasteiger partial charge in [0, 0.05) is 25.2 Å². The lowest BCUT2D eigenvalue weighted by atomic mass is 9.83. The summed E-state index contributed by atoms with van der Waals surface area (Å²) in [4.78, 5) is 11.6. The van der Waals surface area contributed by atoms with Crippen LogP contribution in [0.3, 0.4) is 0 Å². The first-order chi connectivity index (χ1) is 9.85. The molecule has 2 heterocycles. The Morgan fingerprint density at radius 3 is 2.85 bits per heavy atom. The van der Waals surface area contributed by atoms with Crippen molar-refractivity contribution in [3.8, 4) is 0 Å². The Hall–Kier alpha value is -1.16. The van der Waals surface area contributed by atoms with Crippen molar-refractivity contribution < 1.29 is 4.74 Å². The average molecular weight is 273 g/mol. The van der Waals surface area contributed by atoms with Gasteiger partial charge in [-0.05, 0) is 31.7 Å². The quantitative estimate of drug-likeness (QED) is 0.830. The molecular formula is C16H23N3O. The van der Waals surface area contributed by atoms with E-state index in [-0.39, 0.29) is 5.60 Å². The summed E-state index contributed by atoms with van der Waals surface area (Å²) in [5.41, 5.74) is 0.0984. The third kappa shape index (κ3) is 2.41. The molecule has 0 unspecified atom stereocenters. The lowest BCUT2D eigenvalue weighted by Crippen LogP contribution is -2.53. The normalized spacial score (nSPS) is 25.9. The fourth-order valence-corrected chi connectivity index (χ4v) is 3.62. The molecule has 4 nitrogen and oxygen atoms in total. The summed E-state index contributed by atoms with van der Waals surface area (Å²) in [5, 5.41) is 0. The van der Waals surface area contributed by atoms with Gasteiger partial charge in [-0.2, -0.15) is 0 Å². The van der Waals surface area contributed by atoms with Gasteiger partial charge < -0.3 is 9.64 Å². The fourth-order valence-electron chi connectivity index (χ4n) is 3.62. The summed E-state index contributed by atoms with van der Waals surface area (Å²) in [6.07, 6.45) is 10.9. The van der Waals surface area contributed by atoms with E-state index in [0.717, 1.165) is 31.3 Å². The zero-order chi connectivity index (χ0) is 13.4. The molecule has 1 aromatic rings. The first-order valence-corrected chi connectivity index (χ1v) is 8.07. The molecule has 0 atom stereocenters. The average Bonchev–Trinajstić information content (AvgIpc) is 3.33. The zero-order valence-electron chi connectivity index (χ0n) is 12.1. The molecule has 2 aliphatic carbocycles. The molecule has 0 bridgehead atoms. The largest absolute Gasteiger partial charge is 0.371 e. The summed E-state index contributed by atoms with van der Waals surface area (Å²) in [6, 6.07) is 2.06. The van der Waals surface area contributed by atoms with Gasteiger partial charge in [0.2, 0.25) is 0 Å². The molecule has 0 amide bonds. The fraction of sp³-hybridized carbons (Fsp3) is 0.750. The van der Waals surface area contributed by atoms with Crippen LogP contribution in [-0.4, -0.2) is 35.3 Å². The smallest absolute Gasteiger partial charge is 0.133 e. The number of ether oxygens (including phenoxy) is 1. The van der Waals surface area contributed by atoms with Crippen LogP contribution < -0.4 is 4.90 Å². The van der Waals surface area contributed by atoms with Gasteiger partial charge in [0.1, 0.15) is 11.6 Å². The van der Waals surface area contributed by atoms with Crippen molar-refractivity contribution in [3.63, 3.8) is 0 Å². The molecule has 20 heavy (non-hydrogen) atoms. The molecule has 0 aromatic carbocycles. The highest BCUT2D eigenvalue weighted by Gasteiger charge is 2.38. The molecule has 4 rings (SSSR count). The van der Waals surface area contributed by atoms with Crippen LogP contribution in [0.25, 0.3) is 0 Å². The number of aromatic nitrogens is 2. The summed E-state index contributed by atoms with van der Waals surface area (Å²) in [7, 11) is 0. The van der Waals surface area contributed by atoms with Gasteiger partial charge in [0.15, 0.2) is 0 Å². The van der Waals surface area contributed by atoms with E-state index in [2.05, 4.69) is 16.0 Å². The molecule has 3 fully saturated rings. The summed E-state index contributed by atoms with van der Waals surface area (Å²) in [5.74, 6) is 2.78. The lowest BCUT2D eigenvalue weighted by Gasteiger charge is -2.45. The minimum absolute atomic E-state index is 0.0984. The maximum Gasteiger partial charge on any atom is 0.133 e. The van der Waals surface area contributed by atoms with Crippen molar-refractivity contribution in [1.82, 2.24) is 9.97 Å². The minimum atomic E-state index is 0.0984. The van der Waals surface area contributed by atoms with Gasteiger partial charge in [-0.15, -0.1) is 0 Å². The minimum Gasteiger partial charge on any atom is -0.371 e. The first-order valence-electron chi connectivity index (χ1n) is 8.07. The van der Waals surface area contributed by atoms with E-state index >= 15 is 0 Å². The predicted molar refractivity (Wildman–Crippen MR) is 78.0 cm³/mol. The van der Waals surface area contributed by atoms with Crippen molar-refractivity contribution in [3.05, 3.63) is 18.1 Å². The zero-order valence-corrected chi connectivity index (χ0v) is 12.1. The molecule has 0 N–H and O–H groups in total. The molecule has 1 aliphatic heterocycles. The molecule has 2 saturated carbocycles. The Kier molecular flexibility index (Phi) is 3.14. The van der Waals surface area contributed by atoms with Crippen LogP contribution in [0.15, 0.2) is 12.3 Å². The van der Waals surface area contributed by atoms with Crippen molar-refractivity contribution in [2.75, 3.05) is 24.6 Å². The Morgan fingerprint density at radius 1 is 1.20 bits per heavy atom. The van der Waals surface area contributed by atoms with Crippen molar-refractivity contribution in [1.29, 1.82) is 0 Å². The van der Waals surface area contributed by atoms with E-state index in [1.807, 2.05) is 6.20 Å². The van der Waals surface area contributed by atoms with Gasteiger partial charge in [-0.3, -0.25) is 0 Å². The SMILES string of the molecule is c1cc(N2CCOC3(CCCCC3)C2)nc(C2CC2)n1. The van der Waals surface area contributed by atoms with E-state index in [0.29, 0.717) is 5.92 Å². The van der Waals surface area contributed by atoms with Gasteiger partial charge in [-0.1, -0.05) is 19.3 Å². The van der Waals surface area contributed by atoms with Crippen LogP contribution in [0.4, 0.5) is 5.82 Å². The van der Waals surface area contributed by atoms with Crippen molar-refractivity contribution in [2.24, 2.45) is 0 Å². The Morgan fingerprint density at radius 2 is 2.05 bits per heavy atom. The Labute approximate surface area is 120 Å². The summed E-state index contributed by atoms with van der Waals surface area (Å²) < 4.78 is 6.16. The third-order valence-corrected chi connectivity index (χ3v) is 4.94. The Bertz CT molecular complexity index is 475. The van der Waals surface area contributed by atoms with Gasteiger partial charge in [0.25, 0.3) is 0 Å². The molecule has 108 valence electrons. The van der Waals surface area contributed by atoms with E-state index in [9.17, 15) is 0 Å². The monoisotopic (exact) mass is 273 g/mol.